The number of halogens is 17. The highest BCUT2D eigenvalue weighted by Crippen LogP contribution is 2.64. The molecule has 1 amide bonds. The van der Waals surface area contributed by atoms with Crippen molar-refractivity contribution in [3.63, 3.8) is 0 Å². The number of fused-ring (bicyclic) bond motifs is 1. The van der Waals surface area contributed by atoms with Gasteiger partial charge in [0.1, 0.15) is 5.00 Å². The van der Waals surface area contributed by atoms with E-state index in [-0.39, 0.29) is 53.6 Å². The maximum absolute atomic E-state index is 14.4. The van der Waals surface area contributed by atoms with E-state index >= 15 is 0 Å². The van der Waals surface area contributed by atoms with E-state index in [4.69, 9.17) is 4.74 Å². The Hall–Kier alpha value is -2.55. The number of carbonyl (C=O) groups excluding carboxylic acids is 2. The summed E-state index contributed by atoms with van der Waals surface area (Å²) in [4.78, 5) is 24.8. The van der Waals surface area contributed by atoms with Crippen molar-refractivity contribution < 1.29 is 89.0 Å². The standard InChI is InChI=1S/C22H18F17NO3S/c1-3-6-43-13(41)11-9-5-4-8(2)7-10(9)44-12(11)40-14(42)15(23,24)16(25,26)17(27,28)18(29,30)19(31,32)20(33,34)21(35,36)22(37,38)39/h8H,3-7H2,1-2H3,(H,40,42). The largest absolute Gasteiger partial charge is 0.462 e. The molecule has 1 aliphatic carbocycles. The summed E-state index contributed by atoms with van der Waals surface area (Å²) >= 11 is 0.253. The summed E-state index contributed by atoms with van der Waals surface area (Å²) in [5.74, 6) is -63.9. The molecule has 0 bridgehead atoms. The fourth-order valence-electron chi connectivity index (χ4n) is 3.81. The number of esters is 1. The number of nitrogens with one attached hydrogen (secondary N) is 1. The van der Waals surface area contributed by atoms with Gasteiger partial charge in [-0.05, 0) is 37.2 Å². The number of ether oxygens (including phenoxy) is 1. The Morgan fingerprint density at radius 2 is 1.23 bits per heavy atom. The van der Waals surface area contributed by atoms with E-state index in [1.165, 1.54) is 6.92 Å². The summed E-state index contributed by atoms with van der Waals surface area (Å²) in [6.07, 6.45) is -7.27. The van der Waals surface area contributed by atoms with E-state index < -0.39 is 70.1 Å². The van der Waals surface area contributed by atoms with Crippen molar-refractivity contribution in [2.75, 3.05) is 11.9 Å². The fourth-order valence-corrected chi connectivity index (χ4v) is 5.20. The smallest absolute Gasteiger partial charge is 0.460 e. The Morgan fingerprint density at radius 3 is 1.68 bits per heavy atom. The molecule has 44 heavy (non-hydrogen) atoms. The first-order valence-electron chi connectivity index (χ1n) is 11.8. The van der Waals surface area contributed by atoms with E-state index in [1.54, 1.807) is 6.92 Å². The summed E-state index contributed by atoms with van der Waals surface area (Å²) < 4.78 is 235. The number of anilines is 1. The average Bonchev–Trinajstić information content (AvgIpc) is 3.22. The lowest BCUT2D eigenvalue weighted by Gasteiger charge is -2.42. The van der Waals surface area contributed by atoms with Crippen LogP contribution < -0.4 is 5.32 Å². The van der Waals surface area contributed by atoms with Crippen molar-refractivity contribution in [1.29, 1.82) is 0 Å². The van der Waals surface area contributed by atoms with Gasteiger partial charge in [-0.25, -0.2) is 4.79 Å². The molecule has 0 saturated heterocycles. The average molecular weight is 699 g/mol. The van der Waals surface area contributed by atoms with Crippen molar-refractivity contribution in [2.24, 2.45) is 5.92 Å². The quantitative estimate of drug-likeness (QED) is 0.187. The molecule has 0 saturated carbocycles. The molecule has 0 aliphatic heterocycles. The summed E-state index contributed by atoms with van der Waals surface area (Å²) in [7, 11) is 0. The number of amides is 1. The minimum absolute atomic E-state index is 0.00211. The van der Waals surface area contributed by atoms with Gasteiger partial charge < -0.3 is 10.1 Å². The molecule has 1 N–H and O–H groups in total. The van der Waals surface area contributed by atoms with Crippen LogP contribution in [0.25, 0.3) is 0 Å². The van der Waals surface area contributed by atoms with Crippen molar-refractivity contribution in [3.05, 3.63) is 16.0 Å². The van der Waals surface area contributed by atoms with Crippen molar-refractivity contribution in [1.82, 2.24) is 0 Å². The zero-order chi connectivity index (χ0) is 34.7. The maximum Gasteiger partial charge on any atom is 0.460 e. The Bertz CT molecular complexity index is 1260. The van der Waals surface area contributed by atoms with Gasteiger partial charge in [0, 0.05) is 4.88 Å². The molecule has 2 rings (SSSR count). The van der Waals surface area contributed by atoms with Gasteiger partial charge >= 0.3 is 59.5 Å². The molecule has 1 heterocycles. The van der Waals surface area contributed by atoms with Gasteiger partial charge in [0.25, 0.3) is 0 Å². The Balaban J connectivity index is 2.58. The minimum Gasteiger partial charge on any atom is -0.462 e. The van der Waals surface area contributed by atoms with Gasteiger partial charge in [-0.2, -0.15) is 74.6 Å². The molecule has 0 fully saturated rings. The lowest BCUT2D eigenvalue weighted by molar-refractivity contribution is -0.459. The number of hydrogen-bond acceptors (Lipinski definition) is 4. The first-order chi connectivity index (χ1) is 19.5. The molecule has 22 heteroatoms. The van der Waals surface area contributed by atoms with E-state index in [2.05, 4.69) is 0 Å². The predicted octanol–water partition coefficient (Wildman–Crippen LogP) is 8.39. The van der Waals surface area contributed by atoms with Gasteiger partial charge in [-0.1, -0.05) is 13.8 Å². The molecule has 254 valence electrons. The number of hydrogen-bond donors (Lipinski definition) is 1. The first kappa shape index (κ1) is 37.6. The SMILES string of the molecule is CCCOC(=O)c1c(NC(=O)C(F)(F)C(F)(F)C(F)(F)C(F)(F)C(F)(F)C(F)(F)C(F)(F)C(F)(F)F)sc2c1CCC(C)C2. The number of carbonyl (C=O) groups is 2. The van der Waals surface area contributed by atoms with Gasteiger partial charge in [-0.3, -0.25) is 4.79 Å². The van der Waals surface area contributed by atoms with E-state index in [1.807, 2.05) is 0 Å². The predicted molar refractivity (Wildman–Crippen MR) is 115 cm³/mol. The van der Waals surface area contributed by atoms with Crippen LogP contribution in [0.5, 0.6) is 0 Å². The van der Waals surface area contributed by atoms with Crippen molar-refractivity contribution in [2.45, 2.75) is 87.2 Å². The lowest BCUT2D eigenvalue weighted by Crippen LogP contribution is -2.75. The van der Waals surface area contributed by atoms with E-state index in [9.17, 15) is 84.2 Å². The van der Waals surface area contributed by atoms with Crippen LogP contribution in [0.3, 0.4) is 0 Å². The zero-order valence-corrected chi connectivity index (χ0v) is 22.5. The summed E-state index contributed by atoms with van der Waals surface area (Å²) in [6.45, 7) is 2.83. The second-order valence-corrected chi connectivity index (χ2v) is 10.8. The fraction of sp³-hybridized carbons (Fsp3) is 0.727. The van der Waals surface area contributed by atoms with Gasteiger partial charge in [0.15, 0.2) is 0 Å². The van der Waals surface area contributed by atoms with Crippen LogP contribution in [0, 0.1) is 5.92 Å². The lowest BCUT2D eigenvalue weighted by atomic mass is 9.88. The van der Waals surface area contributed by atoms with Gasteiger partial charge in [0.2, 0.25) is 0 Å². The van der Waals surface area contributed by atoms with Crippen LogP contribution in [-0.2, 0) is 22.4 Å². The molecule has 1 aromatic rings. The van der Waals surface area contributed by atoms with Crippen LogP contribution in [-0.4, -0.2) is 66.1 Å². The molecule has 1 unspecified atom stereocenters. The van der Waals surface area contributed by atoms with Crippen LogP contribution in [0.4, 0.5) is 79.6 Å². The maximum atomic E-state index is 14.4. The van der Waals surface area contributed by atoms with Crippen molar-refractivity contribution in [3.8, 4) is 0 Å². The van der Waals surface area contributed by atoms with Crippen LogP contribution in [0.2, 0.25) is 0 Å². The third-order valence-corrected chi connectivity index (χ3v) is 7.56. The zero-order valence-electron chi connectivity index (χ0n) is 21.7. The summed E-state index contributed by atoms with van der Waals surface area (Å²) in [5, 5.41) is -0.192. The van der Waals surface area contributed by atoms with Crippen LogP contribution in [0.1, 0.15) is 47.5 Å². The summed E-state index contributed by atoms with van der Waals surface area (Å²) in [6, 6.07) is 0. The highest BCUT2D eigenvalue weighted by atomic mass is 32.1. The highest BCUT2D eigenvalue weighted by molar-refractivity contribution is 7.17. The molecule has 1 atom stereocenters. The highest BCUT2D eigenvalue weighted by Gasteiger charge is 2.95. The normalized spacial score (nSPS) is 17.8. The van der Waals surface area contributed by atoms with Gasteiger partial charge in [0.05, 0.1) is 12.2 Å². The molecule has 1 aromatic heterocycles. The number of thiophene rings is 1. The third kappa shape index (κ3) is 5.45. The molecule has 4 nitrogen and oxygen atoms in total. The Labute approximate surface area is 238 Å². The summed E-state index contributed by atoms with van der Waals surface area (Å²) in [5.41, 5.74) is -0.709. The van der Waals surface area contributed by atoms with Gasteiger partial charge in [-0.15, -0.1) is 11.3 Å². The third-order valence-electron chi connectivity index (χ3n) is 6.39. The molecular weight excluding hydrogens is 681 g/mol. The van der Waals surface area contributed by atoms with Crippen LogP contribution in [0.15, 0.2) is 0 Å². The molecule has 0 radical (unpaired) electrons. The molecule has 1 aliphatic rings. The number of rotatable bonds is 11. The van der Waals surface area contributed by atoms with E-state index in [0.717, 1.165) is 5.32 Å². The Kier molecular flexibility index (Phi) is 9.71. The van der Waals surface area contributed by atoms with E-state index in [0.29, 0.717) is 6.42 Å². The second kappa shape index (κ2) is 11.4. The minimum atomic E-state index is -8.81. The molecular formula is C22H18F17NO3S. The molecule has 0 aromatic carbocycles. The van der Waals surface area contributed by atoms with Crippen LogP contribution >= 0.6 is 11.3 Å². The topological polar surface area (TPSA) is 55.4 Å². The second-order valence-electron chi connectivity index (χ2n) is 9.66. The Morgan fingerprint density at radius 1 is 0.773 bits per heavy atom. The monoisotopic (exact) mass is 699 g/mol. The van der Waals surface area contributed by atoms with Crippen molar-refractivity contribution >= 4 is 28.2 Å². The molecule has 0 spiro atoms. The first-order valence-corrected chi connectivity index (χ1v) is 12.6. The number of alkyl halides is 17.